The maximum atomic E-state index is 14.9. The summed E-state index contributed by atoms with van der Waals surface area (Å²) in [6.45, 7) is 10.5. The van der Waals surface area contributed by atoms with Crippen LogP contribution in [0.1, 0.15) is 53.0 Å². The normalized spacial score (nSPS) is 14.1. The van der Waals surface area contributed by atoms with Crippen molar-refractivity contribution < 1.29 is 28.2 Å². The molecule has 210 valence electrons. The van der Waals surface area contributed by atoms with Crippen molar-refractivity contribution in [3.63, 3.8) is 0 Å². The van der Waals surface area contributed by atoms with Crippen LogP contribution in [0.25, 0.3) is 16.9 Å². The van der Waals surface area contributed by atoms with Gasteiger partial charge in [-0.2, -0.15) is 5.10 Å². The summed E-state index contributed by atoms with van der Waals surface area (Å²) in [4.78, 5) is 27.1. The number of allylic oxidation sites excluding steroid dienone is 2. The number of hydrogen-bond acceptors (Lipinski definition) is 7. The lowest BCUT2D eigenvalue weighted by Crippen LogP contribution is -2.33. The molecule has 3 aromatic rings. The number of esters is 2. The minimum absolute atomic E-state index is 0.0866. The number of nitrogens with one attached hydrogen (secondary N) is 1. The topological polar surface area (TPSA) is 91.7 Å². The van der Waals surface area contributed by atoms with Gasteiger partial charge in [-0.1, -0.05) is 18.2 Å². The predicted octanol–water partition coefficient (Wildman–Crippen LogP) is 5.83. The lowest BCUT2D eigenvalue weighted by molar-refractivity contribution is -0.143. The van der Waals surface area contributed by atoms with Gasteiger partial charge in [-0.15, -0.1) is 0 Å². The van der Waals surface area contributed by atoms with Gasteiger partial charge in [0, 0.05) is 28.7 Å². The standard InChI is InChI=1S/C31H34FN3O5/c1-17(2)39-30(36)26-19(5)33-20(6)27(31(37)40-18(3)4)28(26)23-16-35(22-11-9-8-10-12-22)34-29(23)21-13-14-25(38-7)24(32)15-21/h8-18,28,33H,1-7H3. The maximum Gasteiger partial charge on any atom is 0.337 e. The van der Waals surface area contributed by atoms with Crippen molar-refractivity contribution in [2.75, 3.05) is 7.11 Å². The van der Waals surface area contributed by atoms with Crippen molar-refractivity contribution >= 4 is 11.9 Å². The Balaban J connectivity index is 2.02. The number of benzene rings is 2. The average molecular weight is 548 g/mol. The molecule has 1 aliphatic rings. The zero-order chi connectivity index (χ0) is 29.1. The Morgan fingerprint density at radius 2 is 1.50 bits per heavy atom. The number of rotatable bonds is 8. The number of carbonyl (C=O) groups is 2. The van der Waals surface area contributed by atoms with Crippen molar-refractivity contribution in [1.29, 1.82) is 0 Å². The van der Waals surface area contributed by atoms with E-state index in [4.69, 9.17) is 19.3 Å². The number of aromatic nitrogens is 2. The summed E-state index contributed by atoms with van der Waals surface area (Å²) < 4.78 is 32.9. The average Bonchev–Trinajstić information content (AvgIpc) is 3.33. The molecule has 4 rings (SSSR count). The van der Waals surface area contributed by atoms with E-state index in [9.17, 15) is 14.0 Å². The van der Waals surface area contributed by atoms with Crippen LogP contribution in [0.4, 0.5) is 4.39 Å². The van der Waals surface area contributed by atoms with E-state index in [0.717, 1.165) is 5.69 Å². The summed E-state index contributed by atoms with van der Waals surface area (Å²) in [5.74, 6) is -2.54. The van der Waals surface area contributed by atoms with Gasteiger partial charge in [-0.25, -0.2) is 18.7 Å². The molecule has 0 aliphatic carbocycles. The van der Waals surface area contributed by atoms with Crippen molar-refractivity contribution in [3.8, 4) is 22.7 Å². The van der Waals surface area contributed by atoms with Crippen LogP contribution in [-0.2, 0) is 19.1 Å². The molecule has 1 aromatic heterocycles. The van der Waals surface area contributed by atoms with Gasteiger partial charge in [0.25, 0.3) is 0 Å². The summed E-state index contributed by atoms with van der Waals surface area (Å²) >= 11 is 0. The van der Waals surface area contributed by atoms with Crippen LogP contribution >= 0.6 is 0 Å². The molecule has 0 amide bonds. The van der Waals surface area contributed by atoms with Gasteiger partial charge in [0.15, 0.2) is 11.6 Å². The van der Waals surface area contributed by atoms with E-state index in [1.165, 1.54) is 19.2 Å². The fraction of sp³-hybridized carbons (Fsp3) is 0.323. The fourth-order valence-corrected chi connectivity index (χ4v) is 4.75. The molecule has 0 bridgehead atoms. The molecule has 0 saturated carbocycles. The quantitative estimate of drug-likeness (QED) is 0.355. The molecule has 0 unspecified atom stereocenters. The van der Waals surface area contributed by atoms with E-state index in [-0.39, 0.29) is 16.9 Å². The fourth-order valence-electron chi connectivity index (χ4n) is 4.75. The van der Waals surface area contributed by atoms with Gasteiger partial charge >= 0.3 is 11.9 Å². The van der Waals surface area contributed by atoms with Crippen LogP contribution in [0.2, 0.25) is 0 Å². The summed E-state index contributed by atoms with van der Waals surface area (Å²) in [5, 5.41) is 7.98. The molecule has 40 heavy (non-hydrogen) atoms. The first-order chi connectivity index (χ1) is 19.0. The third-order valence-corrected chi connectivity index (χ3v) is 6.39. The smallest absolute Gasteiger partial charge is 0.337 e. The van der Waals surface area contributed by atoms with E-state index in [0.29, 0.717) is 28.2 Å². The van der Waals surface area contributed by atoms with Gasteiger partial charge in [0.1, 0.15) is 0 Å². The SMILES string of the molecule is COc1ccc(-c2nn(-c3ccccc3)cc2C2C(C(=O)OC(C)C)=C(C)NC(C)=C2C(=O)OC(C)C)cc1F. The van der Waals surface area contributed by atoms with Crippen LogP contribution in [0.5, 0.6) is 5.75 Å². The monoisotopic (exact) mass is 547 g/mol. The number of halogens is 1. The van der Waals surface area contributed by atoms with Gasteiger partial charge in [-0.05, 0) is 71.9 Å². The molecule has 2 heterocycles. The van der Waals surface area contributed by atoms with Crippen molar-refractivity contribution in [3.05, 3.63) is 88.6 Å². The Morgan fingerprint density at radius 1 is 0.925 bits per heavy atom. The number of para-hydroxylation sites is 1. The first-order valence-corrected chi connectivity index (χ1v) is 13.1. The van der Waals surface area contributed by atoms with Crippen LogP contribution in [0.15, 0.2) is 77.3 Å². The molecule has 1 N–H and O–H groups in total. The maximum absolute atomic E-state index is 14.9. The second-order valence-corrected chi connectivity index (χ2v) is 10.1. The molecular weight excluding hydrogens is 513 g/mol. The Hall–Kier alpha value is -4.40. The third kappa shape index (κ3) is 5.78. The Labute approximate surface area is 233 Å². The van der Waals surface area contributed by atoms with Crippen LogP contribution in [0, 0.1) is 5.82 Å². The Kier molecular flexibility index (Phi) is 8.42. The van der Waals surface area contributed by atoms with Crippen molar-refractivity contribution in [2.24, 2.45) is 0 Å². The lowest BCUT2D eigenvalue weighted by Gasteiger charge is -2.31. The van der Waals surface area contributed by atoms with Gasteiger partial charge in [0.2, 0.25) is 0 Å². The highest BCUT2D eigenvalue weighted by atomic mass is 19.1. The molecule has 1 aliphatic heterocycles. The second-order valence-electron chi connectivity index (χ2n) is 10.1. The van der Waals surface area contributed by atoms with Crippen LogP contribution in [0.3, 0.4) is 0 Å². The Bertz CT molecular complexity index is 1440. The van der Waals surface area contributed by atoms with Crippen LogP contribution in [-0.4, -0.2) is 41.0 Å². The highest BCUT2D eigenvalue weighted by molar-refractivity contribution is 6.00. The summed E-state index contributed by atoms with van der Waals surface area (Å²) in [7, 11) is 1.39. The molecule has 8 nitrogen and oxygen atoms in total. The minimum atomic E-state index is -0.906. The van der Waals surface area contributed by atoms with E-state index in [1.807, 2.05) is 30.3 Å². The molecule has 9 heteroatoms. The predicted molar refractivity (Wildman–Crippen MR) is 149 cm³/mol. The first-order valence-electron chi connectivity index (χ1n) is 13.1. The first kappa shape index (κ1) is 28.6. The van der Waals surface area contributed by atoms with E-state index >= 15 is 0 Å². The largest absolute Gasteiger partial charge is 0.494 e. The molecule has 0 saturated heterocycles. The van der Waals surface area contributed by atoms with E-state index in [1.54, 1.807) is 58.5 Å². The lowest BCUT2D eigenvalue weighted by atomic mass is 9.79. The molecule has 2 aromatic carbocycles. The molecule has 0 radical (unpaired) electrons. The molecule has 0 atom stereocenters. The van der Waals surface area contributed by atoms with Gasteiger partial charge in [-0.3, -0.25) is 0 Å². The zero-order valence-corrected chi connectivity index (χ0v) is 23.7. The number of ether oxygens (including phenoxy) is 3. The molecular formula is C31H34FN3O5. The molecule has 0 fully saturated rings. The summed E-state index contributed by atoms with van der Waals surface area (Å²) in [5.41, 5.74) is 3.67. The van der Waals surface area contributed by atoms with E-state index in [2.05, 4.69) is 5.32 Å². The number of hydrogen-bond donors (Lipinski definition) is 1. The minimum Gasteiger partial charge on any atom is -0.494 e. The number of carbonyl (C=O) groups excluding carboxylic acids is 2. The van der Waals surface area contributed by atoms with Crippen LogP contribution < -0.4 is 10.1 Å². The Morgan fingerprint density at radius 3 is 2.00 bits per heavy atom. The highest BCUT2D eigenvalue weighted by Gasteiger charge is 2.41. The van der Waals surface area contributed by atoms with Gasteiger partial charge in [0.05, 0.1) is 47.8 Å². The zero-order valence-electron chi connectivity index (χ0n) is 23.7. The number of dihydropyridines is 1. The molecule has 0 spiro atoms. The highest BCUT2D eigenvalue weighted by Crippen LogP contribution is 2.43. The summed E-state index contributed by atoms with van der Waals surface area (Å²) in [6.07, 6.45) is 0.969. The number of methoxy groups -OCH3 is 1. The third-order valence-electron chi connectivity index (χ3n) is 6.39. The second kappa shape index (κ2) is 11.8. The van der Waals surface area contributed by atoms with E-state index < -0.39 is 35.9 Å². The van der Waals surface area contributed by atoms with Crippen molar-refractivity contribution in [1.82, 2.24) is 15.1 Å². The number of nitrogens with zero attached hydrogens (tertiary/aromatic N) is 2. The summed E-state index contributed by atoms with van der Waals surface area (Å²) in [6, 6.07) is 13.9. The van der Waals surface area contributed by atoms with Gasteiger partial charge < -0.3 is 19.5 Å². The van der Waals surface area contributed by atoms with Crippen molar-refractivity contribution in [2.45, 2.75) is 59.7 Å².